The highest BCUT2D eigenvalue weighted by atomic mass is 79.9. The summed E-state index contributed by atoms with van der Waals surface area (Å²) in [6, 6.07) is 8.92. The molecule has 2 aromatic rings. The van der Waals surface area contributed by atoms with Crippen molar-refractivity contribution in [2.45, 2.75) is 6.36 Å². The van der Waals surface area contributed by atoms with Crippen LogP contribution in [0.3, 0.4) is 0 Å². The first kappa shape index (κ1) is 16.0. The molecule has 0 heterocycles. The van der Waals surface area contributed by atoms with Crippen molar-refractivity contribution < 1.29 is 22.6 Å². The van der Waals surface area contributed by atoms with E-state index in [-0.39, 0.29) is 10.2 Å². The fourth-order valence-corrected chi connectivity index (χ4v) is 2.25. The minimum Gasteiger partial charge on any atom is -0.455 e. The summed E-state index contributed by atoms with van der Waals surface area (Å²) in [6.45, 7) is 0. The molecular weight excluding hydrogens is 419 g/mol. The first-order valence-electron chi connectivity index (χ1n) is 5.53. The Morgan fingerprint density at radius 1 is 0.952 bits per heavy atom. The number of halogens is 5. The predicted molar refractivity (Wildman–Crippen MR) is 79.5 cm³/mol. The molecule has 21 heavy (non-hydrogen) atoms. The normalized spacial score (nSPS) is 11.3. The van der Waals surface area contributed by atoms with Crippen LogP contribution in [0.25, 0.3) is 0 Å². The highest BCUT2D eigenvalue weighted by Crippen LogP contribution is 2.36. The van der Waals surface area contributed by atoms with Gasteiger partial charge in [0, 0.05) is 4.47 Å². The van der Waals surface area contributed by atoms with E-state index in [0.29, 0.717) is 17.2 Å². The number of nitrogens with two attached hydrogens (primary N) is 1. The van der Waals surface area contributed by atoms with Crippen LogP contribution >= 0.6 is 31.9 Å². The molecule has 0 aliphatic carbocycles. The molecule has 2 N–H and O–H groups in total. The van der Waals surface area contributed by atoms with E-state index in [1.165, 1.54) is 12.1 Å². The molecule has 0 saturated carbocycles. The third-order valence-electron chi connectivity index (χ3n) is 2.33. The lowest BCUT2D eigenvalue weighted by atomic mass is 10.3. The smallest absolute Gasteiger partial charge is 0.455 e. The third-order valence-corrected chi connectivity index (χ3v) is 3.45. The van der Waals surface area contributed by atoms with E-state index in [1.807, 2.05) is 0 Å². The summed E-state index contributed by atoms with van der Waals surface area (Å²) in [5, 5.41) is 0. The van der Waals surface area contributed by atoms with Crippen molar-refractivity contribution in [3.63, 3.8) is 0 Å². The molecule has 0 atom stereocenters. The first-order chi connectivity index (χ1) is 9.74. The molecule has 0 unspecified atom stereocenters. The summed E-state index contributed by atoms with van der Waals surface area (Å²) >= 11 is 6.28. The lowest BCUT2D eigenvalue weighted by Crippen LogP contribution is -2.17. The Kier molecular flexibility index (Phi) is 4.67. The lowest BCUT2D eigenvalue weighted by molar-refractivity contribution is -0.274. The molecule has 0 aromatic heterocycles. The van der Waals surface area contributed by atoms with Crippen molar-refractivity contribution in [1.82, 2.24) is 0 Å². The van der Waals surface area contributed by atoms with Crippen molar-refractivity contribution in [2.75, 3.05) is 5.73 Å². The third kappa shape index (κ3) is 4.53. The zero-order chi connectivity index (χ0) is 15.6. The summed E-state index contributed by atoms with van der Waals surface area (Å²) in [7, 11) is 0. The highest BCUT2D eigenvalue weighted by Gasteiger charge is 2.32. The number of anilines is 1. The van der Waals surface area contributed by atoms with Crippen molar-refractivity contribution in [2.24, 2.45) is 0 Å². The van der Waals surface area contributed by atoms with Crippen LogP contribution in [-0.4, -0.2) is 6.36 Å². The van der Waals surface area contributed by atoms with Gasteiger partial charge in [0.1, 0.15) is 11.5 Å². The summed E-state index contributed by atoms with van der Waals surface area (Å²) in [5.41, 5.74) is 6.16. The second-order valence-corrected chi connectivity index (χ2v) is 5.69. The number of hydrogen-bond acceptors (Lipinski definition) is 3. The number of hydrogen-bond donors (Lipinski definition) is 1. The molecule has 0 spiro atoms. The molecule has 0 saturated heterocycles. The van der Waals surface area contributed by atoms with Crippen LogP contribution in [-0.2, 0) is 0 Å². The van der Waals surface area contributed by atoms with Gasteiger partial charge < -0.3 is 15.2 Å². The quantitative estimate of drug-likeness (QED) is 0.660. The van der Waals surface area contributed by atoms with Crippen LogP contribution in [0, 0.1) is 0 Å². The van der Waals surface area contributed by atoms with Crippen molar-refractivity contribution in [3.05, 3.63) is 45.3 Å². The lowest BCUT2D eigenvalue weighted by Gasteiger charge is -2.13. The number of nitrogen functional groups attached to an aromatic ring is 1. The standard InChI is InChI=1S/C13H8Br2F3NO2/c14-7-1-3-10(19)12(5-7)20-8-2-4-11(9(15)6-8)21-13(16,17)18/h1-6H,19H2. The summed E-state index contributed by atoms with van der Waals surface area (Å²) in [5.74, 6) is 0.360. The summed E-state index contributed by atoms with van der Waals surface area (Å²) in [4.78, 5) is 0. The fraction of sp³-hybridized carbons (Fsp3) is 0.0769. The molecule has 2 aromatic carbocycles. The molecular formula is C13H8Br2F3NO2. The molecule has 112 valence electrons. The van der Waals surface area contributed by atoms with Gasteiger partial charge in [0.05, 0.1) is 10.2 Å². The van der Waals surface area contributed by atoms with Crippen LogP contribution in [0.1, 0.15) is 0 Å². The van der Waals surface area contributed by atoms with Gasteiger partial charge in [-0.15, -0.1) is 13.2 Å². The monoisotopic (exact) mass is 425 g/mol. The predicted octanol–water partition coefficient (Wildman–Crippen LogP) is 5.48. The van der Waals surface area contributed by atoms with E-state index in [2.05, 4.69) is 36.6 Å². The summed E-state index contributed by atoms with van der Waals surface area (Å²) < 4.78 is 46.8. The van der Waals surface area contributed by atoms with Gasteiger partial charge >= 0.3 is 6.36 Å². The van der Waals surface area contributed by atoms with Crippen LogP contribution in [0.15, 0.2) is 45.3 Å². The minimum atomic E-state index is -4.75. The van der Waals surface area contributed by atoms with Crippen molar-refractivity contribution in [1.29, 1.82) is 0 Å². The fourth-order valence-electron chi connectivity index (χ4n) is 1.48. The van der Waals surface area contributed by atoms with Gasteiger partial charge in [0.25, 0.3) is 0 Å². The van der Waals surface area contributed by atoms with Gasteiger partial charge in [0.15, 0.2) is 5.75 Å². The maximum atomic E-state index is 12.2. The Hall–Kier alpha value is -1.41. The maximum absolute atomic E-state index is 12.2. The highest BCUT2D eigenvalue weighted by molar-refractivity contribution is 9.10. The van der Waals surface area contributed by atoms with E-state index in [1.54, 1.807) is 18.2 Å². The van der Waals surface area contributed by atoms with Gasteiger partial charge in [-0.25, -0.2) is 0 Å². The number of ether oxygens (including phenoxy) is 2. The van der Waals surface area contributed by atoms with E-state index in [0.717, 1.165) is 10.5 Å². The van der Waals surface area contributed by atoms with Crippen LogP contribution in [0.4, 0.5) is 18.9 Å². The van der Waals surface area contributed by atoms with Crippen molar-refractivity contribution >= 4 is 37.5 Å². The largest absolute Gasteiger partial charge is 0.573 e. The van der Waals surface area contributed by atoms with Gasteiger partial charge in [-0.3, -0.25) is 0 Å². The molecule has 2 rings (SSSR count). The second kappa shape index (κ2) is 6.15. The first-order valence-corrected chi connectivity index (χ1v) is 7.11. The Labute approximate surface area is 135 Å². The molecule has 0 radical (unpaired) electrons. The van der Waals surface area contributed by atoms with Crippen LogP contribution in [0.5, 0.6) is 17.2 Å². The van der Waals surface area contributed by atoms with Gasteiger partial charge in [0.2, 0.25) is 0 Å². The van der Waals surface area contributed by atoms with E-state index < -0.39 is 6.36 Å². The molecule has 0 fully saturated rings. The van der Waals surface area contributed by atoms with Crippen LogP contribution < -0.4 is 15.2 Å². The van der Waals surface area contributed by atoms with Gasteiger partial charge in [-0.1, -0.05) is 15.9 Å². The van der Waals surface area contributed by atoms with Crippen molar-refractivity contribution in [3.8, 4) is 17.2 Å². The Morgan fingerprint density at radius 2 is 1.67 bits per heavy atom. The topological polar surface area (TPSA) is 44.5 Å². The Morgan fingerprint density at radius 3 is 2.29 bits per heavy atom. The van der Waals surface area contributed by atoms with E-state index in [4.69, 9.17) is 10.5 Å². The Bertz CT molecular complexity index is 662. The molecule has 0 amide bonds. The molecule has 0 aliphatic heterocycles. The molecule has 0 bridgehead atoms. The average Bonchev–Trinajstić information content (AvgIpc) is 2.36. The second-order valence-electron chi connectivity index (χ2n) is 3.92. The zero-order valence-electron chi connectivity index (χ0n) is 10.2. The number of benzene rings is 2. The Balaban J connectivity index is 2.22. The zero-order valence-corrected chi connectivity index (χ0v) is 13.4. The maximum Gasteiger partial charge on any atom is 0.573 e. The van der Waals surface area contributed by atoms with Gasteiger partial charge in [-0.2, -0.15) is 0 Å². The average molecular weight is 427 g/mol. The molecule has 8 heteroatoms. The van der Waals surface area contributed by atoms with Gasteiger partial charge in [-0.05, 0) is 52.3 Å². The molecule has 3 nitrogen and oxygen atoms in total. The number of alkyl halides is 3. The van der Waals surface area contributed by atoms with Crippen LogP contribution in [0.2, 0.25) is 0 Å². The molecule has 0 aliphatic rings. The van der Waals surface area contributed by atoms with E-state index in [9.17, 15) is 13.2 Å². The SMILES string of the molecule is Nc1ccc(Br)cc1Oc1ccc(OC(F)(F)F)c(Br)c1. The summed E-state index contributed by atoms with van der Waals surface area (Å²) in [6.07, 6.45) is -4.75. The van der Waals surface area contributed by atoms with E-state index >= 15 is 0 Å². The number of rotatable bonds is 3. The minimum absolute atomic E-state index is 0.117.